The minimum atomic E-state index is -0.284. The van der Waals surface area contributed by atoms with Crippen molar-refractivity contribution in [3.8, 4) is 0 Å². The second-order valence-corrected chi connectivity index (χ2v) is 8.17. The first-order valence-corrected chi connectivity index (χ1v) is 9.35. The highest BCUT2D eigenvalue weighted by Gasteiger charge is 2.40. The van der Waals surface area contributed by atoms with Crippen molar-refractivity contribution < 1.29 is 14.4 Å². The van der Waals surface area contributed by atoms with Gasteiger partial charge in [0.05, 0.1) is 0 Å². The van der Waals surface area contributed by atoms with Crippen LogP contribution >= 0.6 is 0 Å². The van der Waals surface area contributed by atoms with E-state index in [0.717, 1.165) is 25.7 Å². The smallest absolute Gasteiger partial charge is 0.225 e. The maximum absolute atomic E-state index is 13.1. The van der Waals surface area contributed by atoms with Crippen LogP contribution in [0.2, 0.25) is 0 Å². The van der Waals surface area contributed by atoms with E-state index < -0.39 is 0 Å². The molecule has 2 N–H and O–H groups in total. The third-order valence-electron chi connectivity index (χ3n) is 6.03. The highest BCUT2D eigenvalue weighted by Crippen LogP contribution is 2.37. The number of nitrogens with zero attached hydrogens (tertiary/aromatic N) is 1. The summed E-state index contributed by atoms with van der Waals surface area (Å²) in [4.78, 5) is 38.9. The molecule has 2 rings (SSSR count). The van der Waals surface area contributed by atoms with Crippen molar-refractivity contribution in [3.63, 3.8) is 0 Å². The summed E-state index contributed by atoms with van der Waals surface area (Å²) in [6.07, 6.45) is 3.96. The number of primary amides is 1. The number of Topliss-reactive ketones (excluding diaryl/α,β-unsaturated/α-hetero) is 1. The average Bonchev–Trinajstić information content (AvgIpc) is 2.54. The standard InChI is InChI=1S/C19H32N2O3/c1-11(2)19(24)21-10-15(8-6-13(21)4)17(22)16-9-14(18(20)23)7-5-12(16)3/h11-16H,5-10H2,1-4H3,(H2,20,23). The van der Waals surface area contributed by atoms with Gasteiger partial charge in [0.15, 0.2) is 0 Å². The van der Waals surface area contributed by atoms with Crippen molar-refractivity contribution in [1.82, 2.24) is 4.90 Å². The van der Waals surface area contributed by atoms with Gasteiger partial charge in [0.2, 0.25) is 11.8 Å². The maximum atomic E-state index is 13.1. The summed E-state index contributed by atoms with van der Waals surface area (Å²) >= 11 is 0. The number of likely N-dealkylation sites (tertiary alicyclic amines) is 1. The molecule has 2 fully saturated rings. The lowest BCUT2D eigenvalue weighted by Gasteiger charge is -2.41. The normalized spacial score (nSPS) is 34.2. The Hall–Kier alpha value is -1.39. The lowest BCUT2D eigenvalue weighted by Crippen LogP contribution is -2.50. The summed E-state index contributed by atoms with van der Waals surface area (Å²) in [5.41, 5.74) is 5.46. The number of carbonyl (C=O) groups excluding carboxylic acids is 3. The molecule has 0 aromatic rings. The summed E-state index contributed by atoms with van der Waals surface area (Å²) in [6, 6.07) is 0.200. The number of nitrogens with two attached hydrogens (primary N) is 1. The van der Waals surface area contributed by atoms with Crippen LogP contribution in [0.4, 0.5) is 0 Å². The van der Waals surface area contributed by atoms with Gasteiger partial charge < -0.3 is 10.6 Å². The number of carbonyl (C=O) groups is 3. The zero-order valence-corrected chi connectivity index (χ0v) is 15.5. The Morgan fingerprint density at radius 1 is 1.00 bits per heavy atom. The summed E-state index contributed by atoms with van der Waals surface area (Å²) in [5, 5.41) is 0. The molecule has 136 valence electrons. The van der Waals surface area contributed by atoms with Gasteiger partial charge in [-0.05, 0) is 44.9 Å². The minimum Gasteiger partial charge on any atom is -0.369 e. The van der Waals surface area contributed by atoms with Gasteiger partial charge in [0.1, 0.15) is 5.78 Å². The topological polar surface area (TPSA) is 80.5 Å². The first-order valence-electron chi connectivity index (χ1n) is 9.35. The number of rotatable bonds is 4. The summed E-state index contributed by atoms with van der Waals surface area (Å²) in [6.45, 7) is 8.50. The lowest BCUT2D eigenvalue weighted by atomic mass is 9.69. The number of ketones is 1. The zero-order chi connectivity index (χ0) is 18.0. The molecule has 1 heterocycles. The van der Waals surface area contributed by atoms with Crippen molar-refractivity contribution in [2.45, 2.75) is 65.8 Å². The fraction of sp³-hybridized carbons (Fsp3) is 0.842. The van der Waals surface area contributed by atoms with Gasteiger partial charge in [-0.1, -0.05) is 20.8 Å². The number of amides is 2. The average molecular weight is 336 g/mol. The molecule has 1 saturated carbocycles. The van der Waals surface area contributed by atoms with Crippen LogP contribution < -0.4 is 5.73 Å². The van der Waals surface area contributed by atoms with Crippen LogP contribution in [0.25, 0.3) is 0 Å². The molecular formula is C19H32N2O3. The second-order valence-electron chi connectivity index (χ2n) is 8.17. The van der Waals surface area contributed by atoms with E-state index in [1.807, 2.05) is 18.7 Å². The van der Waals surface area contributed by atoms with Gasteiger partial charge in [0.25, 0.3) is 0 Å². The van der Waals surface area contributed by atoms with Gasteiger partial charge in [-0.2, -0.15) is 0 Å². The van der Waals surface area contributed by atoms with Crippen molar-refractivity contribution in [1.29, 1.82) is 0 Å². The van der Waals surface area contributed by atoms with E-state index in [1.54, 1.807) is 0 Å². The number of piperidine rings is 1. The Balaban J connectivity index is 2.08. The molecule has 24 heavy (non-hydrogen) atoms. The van der Waals surface area contributed by atoms with Gasteiger partial charge >= 0.3 is 0 Å². The maximum Gasteiger partial charge on any atom is 0.225 e. The summed E-state index contributed by atoms with van der Waals surface area (Å²) < 4.78 is 0. The molecule has 1 aliphatic carbocycles. The van der Waals surface area contributed by atoms with Crippen molar-refractivity contribution in [3.05, 3.63) is 0 Å². The first-order chi connectivity index (χ1) is 11.2. The van der Waals surface area contributed by atoms with Gasteiger partial charge in [-0.15, -0.1) is 0 Å². The largest absolute Gasteiger partial charge is 0.369 e. The molecule has 2 amide bonds. The SMILES string of the molecule is CC(C)C(=O)N1CC(C(=O)C2CC(C(N)=O)CCC2C)CCC1C. The fourth-order valence-electron chi connectivity index (χ4n) is 4.26. The number of hydrogen-bond acceptors (Lipinski definition) is 3. The van der Waals surface area contributed by atoms with E-state index in [1.165, 1.54) is 0 Å². The lowest BCUT2D eigenvalue weighted by molar-refractivity contribution is -0.142. The second kappa shape index (κ2) is 7.66. The Labute approximate surface area is 145 Å². The molecule has 2 aliphatic rings. The zero-order valence-electron chi connectivity index (χ0n) is 15.5. The van der Waals surface area contributed by atoms with E-state index in [0.29, 0.717) is 18.9 Å². The predicted molar refractivity (Wildman–Crippen MR) is 92.9 cm³/mol. The monoisotopic (exact) mass is 336 g/mol. The molecule has 0 radical (unpaired) electrons. The molecule has 0 aromatic carbocycles. The van der Waals surface area contributed by atoms with Crippen molar-refractivity contribution >= 4 is 17.6 Å². The molecule has 5 nitrogen and oxygen atoms in total. The Morgan fingerprint density at radius 2 is 1.62 bits per heavy atom. The Kier molecular flexibility index (Phi) is 6.05. The van der Waals surface area contributed by atoms with E-state index in [9.17, 15) is 14.4 Å². The van der Waals surface area contributed by atoms with Crippen LogP contribution in [-0.4, -0.2) is 35.1 Å². The van der Waals surface area contributed by atoms with Crippen LogP contribution in [-0.2, 0) is 14.4 Å². The van der Waals surface area contributed by atoms with Crippen molar-refractivity contribution in [2.24, 2.45) is 35.3 Å². The van der Waals surface area contributed by atoms with Crippen LogP contribution in [0.5, 0.6) is 0 Å². The third kappa shape index (κ3) is 3.98. The molecule has 5 heteroatoms. The van der Waals surface area contributed by atoms with E-state index in [2.05, 4.69) is 13.8 Å². The van der Waals surface area contributed by atoms with Crippen LogP contribution in [0.1, 0.15) is 59.8 Å². The molecule has 5 unspecified atom stereocenters. The molecular weight excluding hydrogens is 304 g/mol. The van der Waals surface area contributed by atoms with Crippen LogP contribution in [0.3, 0.4) is 0 Å². The molecule has 1 saturated heterocycles. The fourth-order valence-corrected chi connectivity index (χ4v) is 4.26. The molecule has 0 spiro atoms. The molecule has 5 atom stereocenters. The minimum absolute atomic E-state index is 0.0471. The Bertz CT molecular complexity index is 503. The highest BCUT2D eigenvalue weighted by molar-refractivity contribution is 5.86. The first kappa shape index (κ1) is 18.9. The van der Waals surface area contributed by atoms with Crippen molar-refractivity contribution in [2.75, 3.05) is 6.54 Å². The molecule has 0 bridgehead atoms. The highest BCUT2D eigenvalue weighted by atomic mass is 16.2. The van der Waals surface area contributed by atoms with E-state index in [-0.39, 0.29) is 47.3 Å². The van der Waals surface area contributed by atoms with Crippen LogP contribution in [0, 0.1) is 29.6 Å². The predicted octanol–water partition coefficient (Wildman–Crippen LogP) is 2.38. The van der Waals surface area contributed by atoms with Gasteiger partial charge in [-0.3, -0.25) is 14.4 Å². The molecule has 0 aromatic heterocycles. The van der Waals surface area contributed by atoms with Gasteiger partial charge in [-0.25, -0.2) is 0 Å². The Morgan fingerprint density at radius 3 is 2.21 bits per heavy atom. The van der Waals surface area contributed by atoms with E-state index in [4.69, 9.17) is 5.73 Å². The van der Waals surface area contributed by atoms with Crippen LogP contribution in [0.15, 0.2) is 0 Å². The van der Waals surface area contributed by atoms with Gasteiger partial charge in [0, 0.05) is 36.3 Å². The summed E-state index contributed by atoms with van der Waals surface area (Å²) in [5.74, 6) is -0.0299. The third-order valence-corrected chi connectivity index (χ3v) is 6.03. The quantitative estimate of drug-likeness (QED) is 0.856. The number of hydrogen-bond donors (Lipinski definition) is 1. The van der Waals surface area contributed by atoms with E-state index >= 15 is 0 Å². The summed E-state index contributed by atoms with van der Waals surface area (Å²) in [7, 11) is 0. The molecule has 1 aliphatic heterocycles.